The van der Waals surface area contributed by atoms with Crippen molar-refractivity contribution in [1.82, 2.24) is 0 Å². The lowest BCUT2D eigenvalue weighted by Gasteiger charge is -1.97. The van der Waals surface area contributed by atoms with Gasteiger partial charge in [-0.05, 0) is 13.0 Å². The summed E-state index contributed by atoms with van der Waals surface area (Å²) >= 11 is 0. The number of esters is 1. The van der Waals surface area contributed by atoms with Gasteiger partial charge in [0, 0.05) is 12.0 Å². The fourth-order valence-electron chi connectivity index (χ4n) is 1.83. The van der Waals surface area contributed by atoms with Crippen LogP contribution in [0.5, 0.6) is 0 Å². The number of hydrogen-bond acceptors (Lipinski definition) is 3. The third-order valence-corrected chi connectivity index (χ3v) is 2.87. The van der Waals surface area contributed by atoms with Crippen LogP contribution in [0.25, 0.3) is 11.3 Å². The molecule has 18 heavy (non-hydrogen) atoms. The number of furan rings is 1. The van der Waals surface area contributed by atoms with E-state index >= 15 is 0 Å². The Labute approximate surface area is 106 Å². The average molecular weight is 244 g/mol. The van der Waals surface area contributed by atoms with Gasteiger partial charge in [-0.1, -0.05) is 36.8 Å². The zero-order chi connectivity index (χ0) is 13.1. The van der Waals surface area contributed by atoms with Crippen molar-refractivity contribution in [2.75, 3.05) is 7.11 Å². The van der Waals surface area contributed by atoms with Crippen LogP contribution in [0.2, 0.25) is 0 Å². The van der Waals surface area contributed by atoms with E-state index in [2.05, 4.69) is 0 Å². The normalized spacial score (nSPS) is 10.4. The Hall–Kier alpha value is -2.03. The van der Waals surface area contributed by atoms with E-state index in [1.807, 2.05) is 38.1 Å². The number of methoxy groups -OCH3 is 1. The lowest BCUT2D eigenvalue weighted by molar-refractivity contribution is 0.0598. The maximum absolute atomic E-state index is 11.6. The van der Waals surface area contributed by atoms with Gasteiger partial charge in [-0.25, -0.2) is 4.79 Å². The molecular weight excluding hydrogens is 228 g/mol. The van der Waals surface area contributed by atoms with E-state index in [0.29, 0.717) is 23.5 Å². The summed E-state index contributed by atoms with van der Waals surface area (Å²) in [6.45, 7) is 3.98. The first-order valence-electron chi connectivity index (χ1n) is 5.93. The van der Waals surface area contributed by atoms with Gasteiger partial charge in [0.1, 0.15) is 17.1 Å². The molecule has 0 spiro atoms. The van der Waals surface area contributed by atoms with E-state index in [4.69, 9.17) is 9.15 Å². The van der Waals surface area contributed by atoms with Crippen molar-refractivity contribution in [1.29, 1.82) is 0 Å². The van der Waals surface area contributed by atoms with Gasteiger partial charge in [0.2, 0.25) is 0 Å². The second-order valence-corrected chi connectivity index (χ2v) is 4.16. The zero-order valence-electron chi connectivity index (χ0n) is 10.8. The van der Waals surface area contributed by atoms with E-state index in [1.54, 1.807) is 6.07 Å². The number of hydrogen-bond donors (Lipinski definition) is 0. The van der Waals surface area contributed by atoms with Crippen molar-refractivity contribution in [3.8, 4) is 11.3 Å². The summed E-state index contributed by atoms with van der Waals surface area (Å²) < 4.78 is 10.5. The molecule has 1 heterocycles. The maximum atomic E-state index is 11.6. The van der Waals surface area contributed by atoms with E-state index < -0.39 is 0 Å². The highest BCUT2D eigenvalue weighted by Gasteiger charge is 2.17. The van der Waals surface area contributed by atoms with Gasteiger partial charge in [0.05, 0.1) is 7.11 Å². The molecule has 0 N–H and O–H groups in total. The van der Waals surface area contributed by atoms with Gasteiger partial charge in [-0.2, -0.15) is 0 Å². The molecule has 2 aromatic rings. The molecule has 0 unspecified atom stereocenters. The van der Waals surface area contributed by atoms with Crippen molar-refractivity contribution < 1.29 is 13.9 Å². The lowest BCUT2D eigenvalue weighted by atomic mass is 10.1. The molecule has 0 radical (unpaired) electrons. The summed E-state index contributed by atoms with van der Waals surface area (Å²) in [5.41, 5.74) is 2.66. The Morgan fingerprint density at radius 1 is 1.28 bits per heavy atom. The highest BCUT2D eigenvalue weighted by molar-refractivity contribution is 5.91. The van der Waals surface area contributed by atoms with Crippen molar-refractivity contribution >= 4 is 5.97 Å². The summed E-state index contributed by atoms with van der Waals surface area (Å²) in [5, 5.41) is 0. The van der Waals surface area contributed by atoms with E-state index in [9.17, 15) is 4.79 Å². The van der Waals surface area contributed by atoms with Crippen molar-refractivity contribution in [2.24, 2.45) is 0 Å². The Kier molecular flexibility index (Phi) is 3.51. The molecule has 0 bridgehead atoms. The Morgan fingerprint density at radius 3 is 2.50 bits per heavy atom. The Balaban J connectivity index is 2.43. The van der Waals surface area contributed by atoms with Gasteiger partial charge >= 0.3 is 5.97 Å². The highest BCUT2D eigenvalue weighted by Crippen LogP contribution is 2.26. The van der Waals surface area contributed by atoms with Crippen LogP contribution in [-0.4, -0.2) is 13.1 Å². The topological polar surface area (TPSA) is 39.4 Å². The first-order valence-corrected chi connectivity index (χ1v) is 5.93. The number of carbonyl (C=O) groups is 1. The van der Waals surface area contributed by atoms with Gasteiger partial charge < -0.3 is 9.15 Å². The molecular formula is C15H16O3. The molecule has 0 amide bonds. The van der Waals surface area contributed by atoms with Crippen LogP contribution in [0.1, 0.15) is 28.6 Å². The van der Waals surface area contributed by atoms with E-state index in [1.165, 1.54) is 12.7 Å². The number of ether oxygens (including phenoxy) is 1. The minimum atomic E-state index is -0.353. The summed E-state index contributed by atoms with van der Waals surface area (Å²) in [6.07, 6.45) is 0.663. The molecule has 2 rings (SSSR count). The maximum Gasteiger partial charge on any atom is 0.341 e. The third-order valence-electron chi connectivity index (χ3n) is 2.87. The number of aryl methyl sites for hydroxylation is 2. The Bertz CT molecular complexity index is 550. The van der Waals surface area contributed by atoms with Crippen LogP contribution in [0.15, 0.2) is 34.7 Å². The largest absolute Gasteiger partial charge is 0.465 e. The second-order valence-electron chi connectivity index (χ2n) is 4.16. The van der Waals surface area contributed by atoms with Crippen LogP contribution in [-0.2, 0) is 11.2 Å². The summed E-state index contributed by atoms with van der Waals surface area (Å²) in [7, 11) is 1.38. The van der Waals surface area contributed by atoms with Crippen LogP contribution >= 0.6 is 0 Å². The molecule has 0 atom stereocenters. The molecule has 1 aromatic heterocycles. The molecule has 3 heteroatoms. The van der Waals surface area contributed by atoms with Crippen LogP contribution in [0.4, 0.5) is 0 Å². The summed E-state index contributed by atoms with van der Waals surface area (Å²) in [4.78, 5) is 11.6. The smallest absolute Gasteiger partial charge is 0.341 e. The van der Waals surface area contributed by atoms with Gasteiger partial charge in [0.25, 0.3) is 0 Å². The predicted molar refractivity (Wildman–Crippen MR) is 69.6 cm³/mol. The fraction of sp³-hybridized carbons (Fsp3) is 0.267. The molecule has 0 saturated heterocycles. The molecule has 1 aromatic carbocycles. The number of carbonyl (C=O) groups excluding carboxylic acids is 1. The second kappa shape index (κ2) is 5.08. The first kappa shape index (κ1) is 12.4. The van der Waals surface area contributed by atoms with E-state index in [-0.39, 0.29) is 5.97 Å². The Morgan fingerprint density at radius 2 is 1.94 bits per heavy atom. The predicted octanol–water partition coefficient (Wildman–Crippen LogP) is 3.60. The molecule has 0 saturated carbocycles. The SMILES string of the molecule is CCc1oc(-c2ccc(C)cc2)cc1C(=O)OC. The highest BCUT2D eigenvalue weighted by atomic mass is 16.5. The van der Waals surface area contributed by atoms with Gasteiger partial charge in [-0.3, -0.25) is 0 Å². The summed E-state index contributed by atoms with van der Waals surface area (Å²) in [5.74, 6) is 1.01. The molecule has 0 aliphatic heterocycles. The summed E-state index contributed by atoms with van der Waals surface area (Å²) in [6, 6.07) is 9.74. The van der Waals surface area contributed by atoms with Crippen LogP contribution < -0.4 is 0 Å². The molecule has 0 aliphatic rings. The average Bonchev–Trinajstić information content (AvgIpc) is 2.82. The van der Waals surface area contributed by atoms with Crippen LogP contribution in [0, 0.1) is 6.92 Å². The van der Waals surface area contributed by atoms with Crippen LogP contribution in [0.3, 0.4) is 0 Å². The third kappa shape index (κ3) is 2.30. The standard InChI is InChI=1S/C15H16O3/c1-4-13-12(15(16)17-3)9-14(18-13)11-7-5-10(2)6-8-11/h5-9H,4H2,1-3H3. The molecule has 3 nitrogen and oxygen atoms in total. The van der Waals surface area contributed by atoms with Gasteiger partial charge in [0.15, 0.2) is 0 Å². The van der Waals surface area contributed by atoms with Gasteiger partial charge in [-0.15, -0.1) is 0 Å². The lowest BCUT2D eigenvalue weighted by Crippen LogP contribution is -2.02. The monoisotopic (exact) mass is 244 g/mol. The van der Waals surface area contributed by atoms with E-state index in [0.717, 1.165) is 5.56 Å². The molecule has 0 aliphatic carbocycles. The zero-order valence-corrected chi connectivity index (χ0v) is 10.8. The quantitative estimate of drug-likeness (QED) is 0.774. The number of benzene rings is 1. The minimum absolute atomic E-state index is 0.353. The van der Waals surface area contributed by atoms with Crippen molar-refractivity contribution in [2.45, 2.75) is 20.3 Å². The molecule has 94 valence electrons. The molecule has 0 fully saturated rings. The van der Waals surface area contributed by atoms with Crippen molar-refractivity contribution in [3.05, 3.63) is 47.2 Å². The minimum Gasteiger partial charge on any atom is -0.465 e. The van der Waals surface area contributed by atoms with Crippen molar-refractivity contribution in [3.63, 3.8) is 0 Å². The number of rotatable bonds is 3. The first-order chi connectivity index (χ1) is 8.65. The fourth-order valence-corrected chi connectivity index (χ4v) is 1.83.